The summed E-state index contributed by atoms with van der Waals surface area (Å²) in [6.07, 6.45) is 2.78. The lowest BCUT2D eigenvalue weighted by atomic mass is 10.1. The van der Waals surface area contributed by atoms with Crippen molar-refractivity contribution in [3.63, 3.8) is 0 Å². The average molecular weight is 229 g/mol. The maximum absolute atomic E-state index is 11.4. The lowest BCUT2D eigenvalue weighted by Gasteiger charge is -2.10. The fourth-order valence-corrected chi connectivity index (χ4v) is 1.23. The monoisotopic (exact) mass is 229 g/mol. The standard InChI is InChI=1S/C11H23N3O2/c1-3-5-9(12)11(16)14-8-6-10(15)13-7-4-2/h9H,3-8,12H2,1-2H3,(H,13,15)(H,14,16)/t9-/m1/s1. The highest BCUT2D eigenvalue weighted by Gasteiger charge is 2.11. The molecule has 0 aliphatic rings. The molecule has 0 aromatic heterocycles. The van der Waals surface area contributed by atoms with Crippen LogP contribution < -0.4 is 16.4 Å². The quantitative estimate of drug-likeness (QED) is 0.554. The van der Waals surface area contributed by atoms with Crippen molar-refractivity contribution in [2.75, 3.05) is 13.1 Å². The van der Waals surface area contributed by atoms with Crippen LogP contribution in [0.5, 0.6) is 0 Å². The summed E-state index contributed by atoms with van der Waals surface area (Å²) in [5.41, 5.74) is 5.61. The van der Waals surface area contributed by atoms with E-state index in [0.717, 1.165) is 12.8 Å². The Morgan fingerprint density at radius 3 is 2.38 bits per heavy atom. The zero-order valence-electron chi connectivity index (χ0n) is 10.2. The topological polar surface area (TPSA) is 84.2 Å². The van der Waals surface area contributed by atoms with Crippen LogP contribution in [0.25, 0.3) is 0 Å². The maximum atomic E-state index is 11.4. The Labute approximate surface area is 97.2 Å². The van der Waals surface area contributed by atoms with Crippen LogP contribution in [0.1, 0.15) is 39.5 Å². The summed E-state index contributed by atoms with van der Waals surface area (Å²) in [5.74, 6) is -0.212. The van der Waals surface area contributed by atoms with E-state index in [9.17, 15) is 9.59 Å². The molecule has 0 aromatic carbocycles. The molecular weight excluding hydrogens is 206 g/mol. The SMILES string of the molecule is CCCNC(=O)CCNC(=O)[C@H](N)CCC. The minimum Gasteiger partial charge on any atom is -0.356 e. The summed E-state index contributed by atoms with van der Waals surface area (Å²) in [6, 6.07) is -0.455. The molecule has 2 amide bonds. The first-order valence-corrected chi connectivity index (χ1v) is 5.91. The van der Waals surface area contributed by atoms with Crippen molar-refractivity contribution >= 4 is 11.8 Å². The Kier molecular flexibility index (Phi) is 8.52. The zero-order valence-corrected chi connectivity index (χ0v) is 10.2. The van der Waals surface area contributed by atoms with E-state index < -0.39 is 6.04 Å². The first-order valence-electron chi connectivity index (χ1n) is 5.91. The molecule has 5 nitrogen and oxygen atoms in total. The van der Waals surface area contributed by atoms with Gasteiger partial charge in [-0.05, 0) is 12.8 Å². The van der Waals surface area contributed by atoms with Gasteiger partial charge in [-0.1, -0.05) is 20.3 Å². The highest BCUT2D eigenvalue weighted by molar-refractivity contribution is 5.82. The highest BCUT2D eigenvalue weighted by Crippen LogP contribution is 1.92. The molecule has 0 unspecified atom stereocenters. The number of amides is 2. The summed E-state index contributed by atoms with van der Waals surface area (Å²) in [7, 11) is 0. The highest BCUT2D eigenvalue weighted by atomic mass is 16.2. The van der Waals surface area contributed by atoms with Crippen LogP contribution in [-0.4, -0.2) is 30.9 Å². The second-order valence-corrected chi connectivity index (χ2v) is 3.79. The molecule has 0 aliphatic carbocycles. The van der Waals surface area contributed by atoms with E-state index in [0.29, 0.717) is 25.9 Å². The molecule has 5 heteroatoms. The molecule has 0 heterocycles. The molecule has 4 N–H and O–H groups in total. The van der Waals surface area contributed by atoms with Gasteiger partial charge in [0.15, 0.2) is 0 Å². The van der Waals surface area contributed by atoms with E-state index in [2.05, 4.69) is 10.6 Å². The van der Waals surface area contributed by atoms with Gasteiger partial charge in [0.2, 0.25) is 11.8 Å². The van der Waals surface area contributed by atoms with Gasteiger partial charge < -0.3 is 16.4 Å². The third kappa shape index (κ3) is 7.23. The Morgan fingerprint density at radius 2 is 1.81 bits per heavy atom. The van der Waals surface area contributed by atoms with Gasteiger partial charge in [-0.15, -0.1) is 0 Å². The first-order chi connectivity index (χ1) is 7.61. The van der Waals surface area contributed by atoms with Gasteiger partial charge in [0.05, 0.1) is 6.04 Å². The van der Waals surface area contributed by atoms with Gasteiger partial charge in [0.1, 0.15) is 0 Å². The second-order valence-electron chi connectivity index (χ2n) is 3.79. The maximum Gasteiger partial charge on any atom is 0.236 e. The molecule has 0 saturated carbocycles. The van der Waals surface area contributed by atoms with Crippen LogP contribution in [0.15, 0.2) is 0 Å². The number of hydrogen-bond donors (Lipinski definition) is 3. The third-order valence-electron chi connectivity index (χ3n) is 2.16. The molecule has 0 rings (SSSR count). The average Bonchev–Trinajstić information content (AvgIpc) is 2.26. The van der Waals surface area contributed by atoms with Crippen molar-refractivity contribution in [2.45, 2.75) is 45.6 Å². The van der Waals surface area contributed by atoms with Gasteiger partial charge in [-0.25, -0.2) is 0 Å². The van der Waals surface area contributed by atoms with Gasteiger partial charge in [0.25, 0.3) is 0 Å². The molecule has 0 aliphatic heterocycles. The van der Waals surface area contributed by atoms with E-state index >= 15 is 0 Å². The Morgan fingerprint density at radius 1 is 1.12 bits per heavy atom. The predicted molar refractivity (Wildman–Crippen MR) is 63.8 cm³/mol. The molecule has 16 heavy (non-hydrogen) atoms. The van der Waals surface area contributed by atoms with Crippen molar-refractivity contribution in [3.05, 3.63) is 0 Å². The third-order valence-corrected chi connectivity index (χ3v) is 2.16. The molecule has 0 fully saturated rings. The normalized spacial score (nSPS) is 11.9. The van der Waals surface area contributed by atoms with Crippen LogP contribution in [0.4, 0.5) is 0 Å². The van der Waals surface area contributed by atoms with Crippen LogP contribution in [-0.2, 0) is 9.59 Å². The molecular formula is C11H23N3O2. The summed E-state index contributed by atoms with van der Waals surface area (Å²) >= 11 is 0. The van der Waals surface area contributed by atoms with E-state index in [1.54, 1.807) is 0 Å². The van der Waals surface area contributed by atoms with E-state index in [4.69, 9.17) is 5.73 Å². The molecule has 0 bridgehead atoms. The lowest BCUT2D eigenvalue weighted by Crippen LogP contribution is -2.41. The van der Waals surface area contributed by atoms with Crippen molar-refractivity contribution in [1.29, 1.82) is 0 Å². The van der Waals surface area contributed by atoms with Gasteiger partial charge >= 0.3 is 0 Å². The largest absolute Gasteiger partial charge is 0.356 e. The number of carbonyl (C=O) groups is 2. The van der Waals surface area contributed by atoms with Gasteiger partial charge in [-0.3, -0.25) is 9.59 Å². The smallest absolute Gasteiger partial charge is 0.236 e. The van der Waals surface area contributed by atoms with E-state index in [-0.39, 0.29) is 11.8 Å². The predicted octanol–water partition coefficient (Wildman–Crippen LogP) is 0.146. The molecule has 94 valence electrons. The molecule has 0 saturated heterocycles. The first kappa shape index (κ1) is 14.9. The fourth-order valence-electron chi connectivity index (χ4n) is 1.23. The summed E-state index contributed by atoms with van der Waals surface area (Å²) < 4.78 is 0. The fraction of sp³-hybridized carbons (Fsp3) is 0.818. The van der Waals surface area contributed by atoms with Crippen LogP contribution in [0.3, 0.4) is 0 Å². The van der Waals surface area contributed by atoms with Crippen molar-refractivity contribution in [2.24, 2.45) is 5.73 Å². The minimum atomic E-state index is -0.455. The van der Waals surface area contributed by atoms with Crippen molar-refractivity contribution in [3.8, 4) is 0 Å². The molecule has 0 spiro atoms. The van der Waals surface area contributed by atoms with Crippen LogP contribution in [0, 0.1) is 0 Å². The van der Waals surface area contributed by atoms with Crippen molar-refractivity contribution in [1.82, 2.24) is 10.6 Å². The van der Waals surface area contributed by atoms with Crippen molar-refractivity contribution < 1.29 is 9.59 Å². The summed E-state index contributed by atoms with van der Waals surface area (Å²) in [4.78, 5) is 22.5. The lowest BCUT2D eigenvalue weighted by molar-refractivity contribution is -0.123. The number of hydrogen-bond acceptors (Lipinski definition) is 3. The number of carbonyl (C=O) groups excluding carboxylic acids is 2. The van der Waals surface area contributed by atoms with E-state index in [1.807, 2.05) is 13.8 Å². The Balaban J connectivity index is 3.57. The molecule has 0 radical (unpaired) electrons. The van der Waals surface area contributed by atoms with Gasteiger partial charge in [-0.2, -0.15) is 0 Å². The zero-order chi connectivity index (χ0) is 12.4. The Hall–Kier alpha value is -1.10. The Bertz CT molecular complexity index is 219. The molecule has 0 aromatic rings. The van der Waals surface area contributed by atoms with Gasteiger partial charge in [0, 0.05) is 19.5 Å². The number of rotatable bonds is 8. The van der Waals surface area contributed by atoms with Crippen LogP contribution >= 0.6 is 0 Å². The minimum absolute atomic E-state index is 0.0359. The summed E-state index contributed by atoms with van der Waals surface area (Å²) in [6.45, 7) is 5.01. The number of nitrogens with one attached hydrogen (secondary N) is 2. The summed E-state index contributed by atoms with van der Waals surface area (Å²) in [5, 5.41) is 5.39. The van der Waals surface area contributed by atoms with Crippen LogP contribution in [0.2, 0.25) is 0 Å². The second kappa shape index (κ2) is 9.15. The van der Waals surface area contributed by atoms with E-state index in [1.165, 1.54) is 0 Å². The molecule has 1 atom stereocenters. The number of nitrogens with two attached hydrogens (primary N) is 1.